The number of ether oxygens (including phenoxy) is 2. The lowest BCUT2D eigenvalue weighted by Gasteiger charge is -2.24. The molecule has 0 aromatic heterocycles. The molecule has 2 aromatic carbocycles. The van der Waals surface area contributed by atoms with Crippen LogP contribution in [0.2, 0.25) is 5.02 Å². The molecule has 0 saturated heterocycles. The molecule has 0 saturated carbocycles. The Hall–Kier alpha value is -2.58. The number of carbonyl (C=O) groups excluding carboxylic acids is 2. The Balaban J connectivity index is 2.63. The van der Waals surface area contributed by atoms with E-state index in [-0.39, 0.29) is 21.2 Å². The van der Waals surface area contributed by atoms with Gasteiger partial charge in [0, 0.05) is 0 Å². The van der Waals surface area contributed by atoms with Gasteiger partial charge in [-0.1, -0.05) is 29.3 Å². The number of benzene rings is 2. The van der Waals surface area contributed by atoms with Gasteiger partial charge >= 0.3 is 11.9 Å². The fourth-order valence-electron chi connectivity index (χ4n) is 2.27. The molecular formula is C18H18ClNO6S. The predicted molar refractivity (Wildman–Crippen MR) is 101 cm³/mol. The van der Waals surface area contributed by atoms with E-state index in [1.54, 1.807) is 12.1 Å². The monoisotopic (exact) mass is 411 g/mol. The van der Waals surface area contributed by atoms with Crippen LogP contribution in [-0.4, -0.2) is 41.1 Å². The number of hydrogen-bond donors (Lipinski definition) is 0. The lowest BCUT2D eigenvalue weighted by Crippen LogP contribution is -2.36. The summed E-state index contributed by atoms with van der Waals surface area (Å²) in [5.74, 6) is -1.45. The van der Waals surface area contributed by atoms with Gasteiger partial charge in [-0.15, -0.1) is 0 Å². The Kier molecular flexibility index (Phi) is 6.45. The van der Waals surface area contributed by atoms with Gasteiger partial charge in [0.1, 0.15) is 6.54 Å². The molecule has 27 heavy (non-hydrogen) atoms. The predicted octanol–water partition coefficient (Wildman–Crippen LogP) is 2.80. The fraction of sp³-hybridized carbons (Fsp3) is 0.222. The Morgan fingerprint density at radius 3 is 2.22 bits per heavy atom. The molecule has 0 spiro atoms. The van der Waals surface area contributed by atoms with E-state index < -0.39 is 28.5 Å². The van der Waals surface area contributed by atoms with E-state index in [9.17, 15) is 18.0 Å². The summed E-state index contributed by atoms with van der Waals surface area (Å²) in [5, 5.41) is 0.0437. The number of rotatable bonds is 6. The van der Waals surface area contributed by atoms with Crippen molar-refractivity contribution in [1.29, 1.82) is 0 Å². The minimum Gasteiger partial charge on any atom is -0.468 e. The number of halogens is 1. The van der Waals surface area contributed by atoms with Crippen molar-refractivity contribution >= 4 is 39.3 Å². The smallest absolute Gasteiger partial charge is 0.337 e. The average molecular weight is 412 g/mol. The first-order valence-electron chi connectivity index (χ1n) is 7.74. The van der Waals surface area contributed by atoms with Crippen LogP contribution in [0.1, 0.15) is 15.9 Å². The van der Waals surface area contributed by atoms with Crippen molar-refractivity contribution < 1.29 is 27.5 Å². The molecular weight excluding hydrogens is 394 g/mol. The van der Waals surface area contributed by atoms with Crippen LogP contribution in [0.4, 0.5) is 5.69 Å². The van der Waals surface area contributed by atoms with Gasteiger partial charge in [-0.3, -0.25) is 9.10 Å². The van der Waals surface area contributed by atoms with Crippen molar-refractivity contribution in [2.24, 2.45) is 0 Å². The second-order valence-electron chi connectivity index (χ2n) is 5.56. The minimum absolute atomic E-state index is 0.0310. The Labute approximate surface area is 162 Å². The molecule has 0 unspecified atom stereocenters. The molecule has 7 nitrogen and oxygen atoms in total. The van der Waals surface area contributed by atoms with Crippen molar-refractivity contribution in [3.8, 4) is 0 Å². The maximum Gasteiger partial charge on any atom is 0.337 e. The van der Waals surface area contributed by atoms with Gasteiger partial charge in [0.15, 0.2) is 0 Å². The summed E-state index contributed by atoms with van der Waals surface area (Å²) >= 11 is 6.17. The number of methoxy groups -OCH3 is 2. The first-order valence-corrected chi connectivity index (χ1v) is 9.56. The molecule has 0 atom stereocenters. The number of aryl methyl sites for hydroxylation is 1. The quantitative estimate of drug-likeness (QED) is 0.679. The molecule has 0 aliphatic carbocycles. The van der Waals surface area contributed by atoms with E-state index in [1.807, 2.05) is 6.92 Å². The van der Waals surface area contributed by atoms with Crippen molar-refractivity contribution in [3.63, 3.8) is 0 Å². The molecule has 2 aromatic rings. The van der Waals surface area contributed by atoms with Crippen LogP contribution in [-0.2, 0) is 24.3 Å². The van der Waals surface area contributed by atoms with Crippen molar-refractivity contribution in [2.75, 3.05) is 25.1 Å². The minimum atomic E-state index is -4.15. The fourth-order valence-corrected chi connectivity index (χ4v) is 3.96. The molecule has 144 valence electrons. The molecule has 0 N–H and O–H groups in total. The van der Waals surface area contributed by atoms with Crippen LogP contribution in [0.3, 0.4) is 0 Å². The Bertz CT molecular complexity index is 956. The molecule has 0 aliphatic rings. The van der Waals surface area contributed by atoms with Crippen LogP contribution in [0.5, 0.6) is 0 Å². The van der Waals surface area contributed by atoms with Crippen LogP contribution >= 0.6 is 11.6 Å². The first-order chi connectivity index (χ1) is 12.7. The largest absolute Gasteiger partial charge is 0.468 e. The molecule has 0 radical (unpaired) electrons. The molecule has 9 heteroatoms. The first kappa shape index (κ1) is 20.7. The van der Waals surface area contributed by atoms with E-state index in [1.165, 1.54) is 37.4 Å². The number of nitrogens with zero attached hydrogens (tertiary/aromatic N) is 1. The maximum absolute atomic E-state index is 13.1. The zero-order chi connectivity index (χ0) is 20.2. The topological polar surface area (TPSA) is 90.0 Å². The van der Waals surface area contributed by atoms with Gasteiger partial charge in [0.05, 0.1) is 35.4 Å². The van der Waals surface area contributed by atoms with Crippen LogP contribution in [0.15, 0.2) is 47.4 Å². The van der Waals surface area contributed by atoms with Gasteiger partial charge in [0.25, 0.3) is 10.0 Å². The highest BCUT2D eigenvalue weighted by atomic mass is 35.5. The third-order valence-electron chi connectivity index (χ3n) is 3.75. The molecule has 0 heterocycles. The maximum atomic E-state index is 13.1. The molecule has 0 fully saturated rings. The van der Waals surface area contributed by atoms with Crippen molar-refractivity contribution in [2.45, 2.75) is 11.8 Å². The highest BCUT2D eigenvalue weighted by molar-refractivity contribution is 7.92. The lowest BCUT2D eigenvalue weighted by molar-refractivity contribution is -0.138. The number of sulfonamides is 1. The normalized spacial score (nSPS) is 11.0. The number of hydrogen-bond acceptors (Lipinski definition) is 6. The van der Waals surface area contributed by atoms with Crippen molar-refractivity contribution in [3.05, 3.63) is 58.6 Å². The average Bonchev–Trinajstić information content (AvgIpc) is 2.66. The summed E-state index contributed by atoms with van der Waals surface area (Å²) in [4.78, 5) is 23.6. The summed E-state index contributed by atoms with van der Waals surface area (Å²) in [5.41, 5.74) is 0.926. The SMILES string of the molecule is COC(=O)CN(c1cc(C(=O)OC)ccc1Cl)S(=O)(=O)c1ccc(C)cc1. The number of esters is 2. The number of carbonyl (C=O) groups is 2. The third kappa shape index (κ3) is 4.58. The summed E-state index contributed by atoms with van der Waals surface area (Å²) in [6.07, 6.45) is 0. The highest BCUT2D eigenvalue weighted by Gasteiger charge is 2.29. The van der Waals surface area contributed by atoms with Gasteiger partial charge in [-0.05, 0) is 37.3 Å². The zero-order valence-corrected chi connectivity index (χ0v) is 16.5. The van der Waals surface area contributed by atoms with Crippen LogP contribution < -0.4 is 4.31 Å². The van der Waals surface area contributed by atoms with Gasteiger partial charge in [-0.2, -0.15) is 0 Å². The molecule has 0 aliphatic heterocycles. The van der Waals surface area contributed by atoms with Gasteiger partial charge in [-0.25, -0.2) is 13.2 Å². The lowest BCUT2D eigenvalue weighted by atomic mass is 10.2. The highest BCUT2D eigenvalue weighted by Crippen LogP contribution is 2.32. The summed E-state index contributed by atoms with van der Waals surface area (Å²) in [6, 6.07) is 10.1. The standard InChI is InChI=1S/C18H18ClNO6S/c1-12-4-7-14(8-5-12)27(23,24)20(11-17(21)25-2)16-10-13(18(22)26-3)6-9-15(16)19/h4-10H,11H2,1-3H3. The van der Waals surface area contributed by atoms with E-state index in [0.29, 0.717) is 0 Å². The zero-order valence-electron chi connectivity index (χ0n) is 14.9. The second-order valence-corrected chi connectivity index (χ2v) is 7.83. The summed E-state index contributed by atoms with van der Waals surface area (Å²) < 4.78 is 36.4. The van der Waals surface area contributed by atoms with E-state index >= 15 is 0 Å². The van der Waals surface area contributed by atoms with Crippen LogP contribution in [0, 0.1) is 6.92 Å². The third-order valence-corrected chi connectivity index (χ3v) is 5.84. The Morgan fingerprint density at radius 2 is 1.67 bits per heavy atom. The second kappa shape index (κ2) is 8.41. The van der Waals surface area contributed by atoms with Crippen LogP contribution in [0.25, 0.3) is 0 Å². The van der Waals surface area contributed by atoms with Gasteiger partial charge < -0.3 is 9.47 Å². The summed E-state index contributed by atoms with van der Waals surface area (Å²) in [7, 11) is -1.81. The van der Waals surface area contributed by atoms with E-state index in [0.717, 1.165) is 17.0 Å². The summed E-state index contributed by atoms with van der Waals surface area (Å²) in [6.45, 7) is 1.20. The van der Waals surface area contributed by atoms with E-state index in [2.05, 4.69) is 9.47 Å². The molecule has 0 bridgehead atoms. The Morgan fingerprint density at radius 1 is 1.04 bits per heavy atom. The van der Waals surface area contributed by atoms with Gasteiger partial charge in [0.2, 0.25) is 0 Å². The van der Waals surface area contributed by atoms with Crippen molar-refractivity contribution in [1.82, 2.24) is 0 Å². The molecule has 2 rings (SSSR count). The molecule has 0 amide bonds. The van der Waals surface area contributed by atoms with E-state index in [4.69, 9.17) is 11.6 Å². The number of anilines is 1.